The molecule has 0 aliphatic heterocycles. The van der Waals surface area contributed by atoms with E-state index < -0.39 is 0 Å². The molecule has 2 heterocycles. The predicted octanol–water partition coefficient (Wildman–Crippen LogP) is 5.47. The van der Waals surface area contributed by atoms with Crippen LogP contribution in [0, 0.1) is 26.6 Å². The third-order valence-electron chi connectivity index (χ3n) is 3.37. The van der Waals surface area contributed by atoms with Crippen molar-refractivity contribution in [1.29, 1.82) is 0 Å². The summed E-state index contributed by atoms with van der Waals surface area (Å²) in [6.07, 6.45) is 1.34. The zero-order valence-electron chi connectivity index (χ0n) is 12.4. The normalized spacial score (nSPS) is 11.7. The van der Waals surface area contributed by atoms with E-state index in [1.54, 1.807) is 10.5 Å². The van der Waals surface area contributed by atoms with Crippen molar-refractivity contribution in [1.82, 2.24) is 9.38 Å². The van der Waals surface area contributed by atoms with Gasteiger partial charge in [0, 0.05) is 6.20 Å². The number of aromatic nitrogens is 2. The van der Waals surface area contributed by atoms with Crippen molar-refractivity contribution < 1.29 is 4.39 Å². The number of azo groups is 1. The number of hydrogen-bond donors (Lipinski definition) is 0. The smallest absolute Gasteiger partial charge is 0.182 e. The van der Waals surface area contributed by atoms with Gasteiger partial charge in [0.1, 0.15) is 17.2 Å². The van der Waals surface area contributed by atoms with Crippen LogP contribution in [0.3, 0.4) is 0 Å². The zero-order chi connectivity index (χ0) is 15.9. The Morgan fingerprint density at radius 1 is 1.14 bits per heavy atom. The molecule has 0 fully saturated rings. The third-order valence-corrected chi connectivity index (χ3v) is 3.66. The molecular weight excluding hydrogens is 303 g/mol. The number of nitrogens with zero attached hydrogens (tertiary/aromatic N) is 4. The molecule has 0 aliphatic rings. The number of fused-ring (bicyclic) bond motifs is 1. The first-order chi connectivity index (χ1) is 10.5. The van der Waals surface area contributed by atoms with E-state index >= 15 is 0 Å². The summed E-state index contributed by atoms with van der Waals surface area (Å²) in [6, 6.07) is 6.79. The Hall–Kier alpha value is -2.27. The lowest BCUT2D eigenvalue weighted by atomic mass is 10.1. The molecule has 0 N–H and O–H groups in total. The second-order valence-corrected chi connectivity index (χ2v) is 5.62. The molecule has 3 rings (SSSR count). The minimum atomic E-state index is -0.356. The Morgan fingerprint density at radius 2 is 1.91 bits per heavy atom. The molecule has 0 radical (unpaired) electrons. The molecular formula is C16H14ClFN4. The molecule has 112 valence electrons. The topological polar surface area (TPSA) is 42.0 Å². The summed E-state index contributed by atoms with van der Waals surface area (Å²) >= 11 is 6.22. The van der Waals surface area contributed by atoms with E-state index in [-0.39, 0.29) is 5.82 Å². The molecule has 0 aliphatic carbocycles. The van der Waals surface area contributed by atoms with Gasteiger partial charge in [-0.05, 0) is 50.1 Å². The largest absolute Gasteiger partial charge is 0.280 e. The van der Waals surface area contributed by atoms with E-state index in [1.165, 1.54) is 12.3 Å². The maximum atomic E-state index is 13.4. The van der Waals surface area contributed by atoms with E-state index in [4.69, 9.17) is 11.6 Å². The average molecular weight is 317 g/mol. The fourth-order valence-electron chi connectivity index (χ4n) is 2.38. The summed E-state index contributed by atoms with van der Waals surface area (Å²) in [4.78, 5) is 4.34. The van der Waals surface area contributed by atoms with Crippen LogP contribution in [0.15, 0.2) is 40.7 Å². The summed E-state index contributed by atoms with van der Waals surface area (Å²) < 4.78 is 15.0. The summed E-state index contributed by atoms with van der Waals surface area (Å²) in [5.74, 6) is 0.136. The quantitative estimate of drug-likeness (QED) is 0.578. The Morgan fingerprint density at radius 3 is 2.64 bits per heavy atom. The third kappa shape index (κ3) is 2.60. The van der Waals surface area contributed by atoms with Gasteiger partial charge in [0.05, 0.1) is 10.7 Å². The van der Waals surface area contributed by atoms with Crippen LogP contribution in [0.2, 0.25) is 5.02 Å². The van der Waals surface area contributed by atoms with Crippen LogP contribution in [-0.2, 0) is 0 Å². The number of imidazole rings is 1. The van der Waals surface area contributed by atoms with Gasteiger partial charge in [-0.3, -0.25) is 4.40 Å². The van der Waals surface area contributed by atoms with Gasteiger partial charge in [-0.2, -0.15) is 0 Å². The molecule has 0 atom stereocenters. The van der Waals surface area contributed by atoms with Crippen LogP contribution in [0.25, 0.3) is 5.65 Å². The Balaban J connectivity index is 2.10. The average Bonchev–Trinajstić information content (AvgIpc) is 2.73. The number of rotatable bonds is 2. The molecule has 22 heavy (non-hydrogen) atoms. The van der Waals surface area contributed by atoms with Crippen molar-refractivity contribution >= 4 is 28.8 Å². The summed E-state index contributed by atoms with van der Waals surface area (Å²) in [6.45, 7) is 5.70. The SMILES string of the molecule is Cc1cc(C)c(N=Nc2c(C)nc3ccc(F)cn23)c(Cl)c1. The lowest BCUT2D eigenvalue weighted by Gasteiger charge is -2.04. The number of pyridine rings is 1. The van der Waals surface area contributed by atoms with Crippen LogP contribution >= 0.6 is 11.6 Å². The highest BCUT2D eigenvalue weighted by atomic mass is 35.5. The Labute approximate surface area is 132 Å². The zero-order valence-corrected chi connectivity index (χ0v) is 13.2. The monoisotopic (exact) mass is 316 g/mol. The maximum absolute atomic E-state index is 13.4. The fraction of sp³-hybridized carbons (Fsp3) is 0.188. The van der Waals surface area contributed by atoms with Crippen LogP contribution in [-0.4, -0.2) is 9.38 Å². The highest BCUT2D eigenvalue weighted by Gasteiger charge is 2.10. The molecule has 0 amide bonds. The standard InChI is InChI=1S/C16H14ClFN4/c1-9-6-10(2)15(13(17)7-9)20-21-16-11(3)19-14-5-4-12(18)8-22(14)16/h4-8H,1-3H3. The van der Waals surface area contributed by atoms with E-state index in [0.717, 1.165) is 11.1 Å². The van der Waals surface area contributed by atoms with Crippen LogP contribution in [0.4, 0.5) is 15.9 Å². The fourth-order valence-corrected chi connectivity index (χ4v) is 2.74. The van der Waals surface area contributed by atoms with E-state index in [2.05, 4.69) is 15.2 Å². The molecule has 4 nitrogen and oxygen atoms in total. The Bertz CT molecular complexity index is 876. The number of benzene rings is 1. The summed E-state index contributed by atoms with van der Waals surface area (Å²) in [5.41, 5.74) is 3.91. The van der Waals surface area contributed by atoms with E-state index in [9.17, 15) is 4.39 Å². The van der Waals surface area contributed by atoms with Crippen molar-refractivity contribution in [3.05, 3.63) is 58.1 Å². The minimum absolute atomic E-state index is 0.356. The van der Waals surface area contributed by atoms with Crippen LogP contribution in [0.1, 0.15) is 16.8 Å². The van der Waals surface area contributed by atoms with E-state index in [0.29, 0.717) is 27.9 Å². The van der Waals surface area contributed by atoms with Gasteiger partial charge in [-0.1, -0.05) is 17.7 Å². The molecule has 0 bridgehead atoms. The molecule has 0 unspecified atom stereocenters. The first-order valence-electron chi connectivity index (χ1n) is 6.78. The summed E-state index contributed by atoms with van der Waals surface area (Å²) in [7, 11) is 0. The van der Waals surface area contributed by atoms with Crippen LogP contribution in [0.5, 0.6) is 0 Å². The first kappa shape index (κ1) is 14.7. The van der Waals surface area contributed by atoms with Crippen molar-refractivity contribution in [3.8, 4) is 0 Å². The van der Waals surface area contributed by atoms with Gasteiger partial charge in [0.25, 0.3) is 0 Å². The lowest BCUT2D eigenvalue weighted by Crippen LogP contribution is -1.85. The number of aryl methyl sites for hydroxylation is 3. The molecule has 0 saturated carbocycles. The second kappa shape index (κ2) is 5.50. The van der Waals surface area contributed by atoms with Crippen LogP contribution < -0.4 is 0 Å². The molecule has 0 saturated heterocycles. The van der Waals surface area contributed by atoms with Gasteiger partial charge < -0.3 is 0 Å². The predicted molar refractivity (Wildman–Crippen MR) is 85.0 cm³/mol. The number of halogens is 2. The van der Waals surface area contributed by atoms with Gasteiger partial charge in [-0.25, -0.2) is 9.37 Å². The minimum Gasteiger partial charge on any atom is -0.280 e. The van der Waals surface area contributed by atoms with Gasteiger partial charge in [-0.15, -0.1) is 10.2 Å². The molecule has 6 heteroatoms. The molecule has 1 aromatic carbocycles. The molecule has 2 aromatic heterocycles. The highest BCUT2D eigenvalue weighted by Crippen LogP contribution is 2.32. The number of hydrogen-bond acceptors (Lipinski definition) is 3. The maximum Gasteiger partial charge on any atom is 0.182 e. The van der Waals surface area contributed by atoms with Gasteiger partial charge in [0.15, 0.2) is 5.82 Å². The first-order valence-corrected chi connectivity index (χ1v) is 7.16. The van der Waals surface area contributed by atoms with Gasteiger partial charge in [0.2, 0.25) is 0 Å². The Kier molecular flexibility index (Phi) is 3.66. The lowest BCUT2D eigenvalue weighted by molar-refractivity contribution is 0.619. The van der Waals surface area contributed by atoms with Gasteiger partial charge >= 0.3 is 0 Å². The highest BCUT2D eigenvalue weighted by molar-refractivity contribution is 6.33. The van der Waals surface area contributed by atoms with Crippen molar-refractivity contribution in [2.45, 2.75) is 20.8 Å². The van der Waals surface area contributed by atoms with Crippen molar-refractivity contribution in [2.24, 2.45) is 10.2 Å². The van der Waals surface area contributed by atoms with Crippen molar-refractivity contribution in [2.75, 3.05) is 0 Å². The van der Waals surface area contributed by atoms with Crippen molar-refractivity contribution in [3.63, 3.8) is 0 Å². The summed E-state index contributed by atoms with van der Waals surface area (Å²) in [5, 5.41) is 9.01. The molecule has 0 spiro atoms. The second-order valence-electron chi connectivity index (χ2n) is 5.21. The van der Waals surface area contributed by atoms with E-state index in [1.807, 2.05) is 32.9 Å². The molecule has 3 aromatic rings.